The van der Waals surface area contributed by atoms with E-state index in [4.69, 9.17) is 4.74 Å². The van der Waals surface area contributed by atoms with E-state index < -0.39 is 0 Å². The fraction of sp³-hybridized carbons (Fsp3) is 0.167. The summed E-state index contributed by atoms with van der Waals surface area (Å²) in [4.78, 5) is 0. The number of nitrogens with one attached hydrogen (secondary N) is 1. The van der Waals surface area contributed by atoms with Crippen LogP contribution in [-0.2, 0) is 0 Å². The average molecular weight is 452 g/mol. The van der Waals surface area contributed by atoms with Crippen molar-refractivity contribution in [3.05, 3.63) is 99.5 Å². The van der Waals surface area contributed by atoms with Gasteiger partial charge < -0.3 is 20.5 Å². The summed E-state index contributed by atoms with van der Waals surface area (Å²) in [5.74, 6) is 1.12. The summed E-state index contributed by atoms with van der Waals surface area (Å²) < 4.78 is 6.62. The minimum absolute atomic E-state index is 0.0394. The van der Waals surface area contributed by atoms with E-state index >= 15 is 0 Å². The van der Waals surface area contributed by atoms with E-state index in [0.717, 1.165) is 32.6 Å². The lowest BCUT2D eigenvalue weighted by Gasteiger charge is -2.30. The zero-order valence-electron chi connectivity index (χ0n) is 16.4. The molecule has 0 radical (unpaired) electrons. The van der Waals surface area contributed by atoms with Crippen LogP contribution in [0.1, 0.15) is 34.5 Å². The van der Waals surface area contributed by atoms with Crippen LogP contribution in [0.4, 0.5) is 0 Å². The Kier molecular flexibility index (Phi) is 5.60. The largest absolute Gasteiger partial charge is 0.507 e. The predicted octanol–water partition coefficient (Wildman–Crippen LogP) is 4.42. The molecule has 5 heteroatoms. The number of halogens is 1. The third-order valence-corrected chi connectivity index (χ3v) is 5.74. The summed E-state index contributed by atoms with van der Waals surface area (Å²) in [6, 6.07) is 22.0. The van der Waals surface area contributed by atoms with E-state index in [0.29, 0.717) is 5.75 Å². The Morgan fingerprint density at radius 3 is 2.48 bits per heavy atom. The van der Waals surface area contributed by atoms with Gasteiger partial charge in [-0.3, -0.25) is 0 Å². The van der Waals surface area contributed by atoms with Crippen molar-refractivity contribution in [2.75, 3.05) is 7.11 Å². The minimum Gasteiger partial charge on any atom is -0.507 e. The molecular weight excluding hydrogens is 428 g/mol. The van der Waals surface area contributed by atoms with Crippen molar-refractivity contribution in [1.82, 2.24) is 5.32 Å². The van der Waals surface area contributed by atoms with Gasteiger partial charge in [-0.1, -0.05) is 57.9 Å². The van der Waals surface area contributed by atoms with Crippen LogP contribution in [0, 0.1) is 6.92 Å². The van der Waals surface area contributed by atoms with Crippen molar-refractivity contribution in [3.63, 3.8) is 0 Å². The molecule has 0 aromatic heterocycles. The van der Waals surface area contributed by atoms with E-state index in [-0.39, 0.29) is 12.2 Å². The number of hydrogen-bond acceptors (Lipinski definition) is 3. The highest BCUT2D eigenvalue weighted by atomic mass is 79.9. The molecule has 0 saturated heterocycles. The van der Waals surface area contributed by atoms with Gasteiger partial charge in [-0.2, -0.15) is 0 Å². The molecule has 1 aliphatic heterocycles. The molecule has 4 rings (SSSR count). The first-order chi connectivity index (χ1) is 14.0. The molecule has 0 bridgehead atoms. The highest BCUT2D eigenvalue weighted by Crippen LogP contribution is 2.32. The van der Waals surface area contributed by atoms with Crippen molar-refractivity contribution in [2.45, 2.75) is 19.1 Å². The van der Waals surface area contributed by atoms with Gasteiger partial charge in [0.15, 0.2) is 6.17 Å². The van der Waals surface area contributed by atoms with Crippen LogP contribution in [0.15, 0.2) is 77.3 Å². The lowest BCUT2D eigenvalue weighted by atomic mass is 9.97. The number of ether oxygens (including phenoxy) is 1. The number of nitrogens with two attached hydrogens (primary N) is 1. The number of quaternary nitrogens is 1. The average Bonchev–Trinajstić information content (AvgIpc) is 2.74. The summed E-state index contributed by atoms with van der Waals surface area (Å²) in [6.07, 6.45) is 2.09. The van der Waals surface area contributed by atoms with E-state index in [9.17, 15) is 5.11 Å². The van der Waals surface area contributed by atoms with E-state index in [2.05, 4.69) is 69.9 Å². The van der Waals surface area contributed by atoms with Gasteiger partial charge >= 0.3 is 0 Å². The fourth-order valence-corrected chi connectivity index (χ4v) is 4.09. The number of hydrogen-bond donors (Lipinski definition) is 3. The van der Waals surface area contributed by atoms with E-state index in [1.807, 2.05) is 30.3 Å². The van der Waals surface area contributed by atoms with Crippen LogP contribution >= 0.6 is 15.9 Å². The quantitative estimate of drug-likeness (QED) is 0.550. The predicted molar refractivity (Wildman–Crippen MR) is 118 cm³/mol. The van der Waals surface area contributed by atoms with Gasteiger partial charge in [-0.25, -0.2) is 0 Å². The number of methoxy groups -OCH3 is 1. The van der Waals surface area contributed by atoms with E-state index in [1.165, 1.54) is 5.56 Å². The second kappa shape index (κ2) is 8.31. The van der Waals surface area contributed by atoms with Crippen molar-refractivity contribution in [1.29, 1.82) is 0 Å². The normalized spacial score (nSPS) is 18.7. The third kappa shape index (κ3) is 4.16. The number of aromatic hydroxyl groups is 1. The lowest BCUT2D eigenvalue weighted by molar-refractivity contribution is -0.731. The van der Waals surface area contributed by atoms with Crippen molar-refractivity contribution >= 4 is 21.6 Å². The van der Waals surface area contributed by atoms with E-state index in [1.54, 1.807) is 13.2 Å². The van der Waals surface area contributed by atoms with Gasteiger partial charge in [0, 0.05) is 16.2 Å². The Bertz CT molecular complexity index is 1050. The molecule has 2 atom stereocenters. The smallest absolute Gasteiger partial charge is 0.190 e. The van der Waals surface area contributed by atoms with Crippen molar-refractivity contribution in [2.24, 2.45) is 0 Å². The highest BCUT2D eigenvalue weighted by molar-refractivity contribution is 9.10. The first kappa shape index (κ1) is 19.6. The summed E-state index contributed by atoms with van der Waals surface area (Å²) in [5, 5.41) is 16.3. The Morgan fingerprint density at radius 2 is 1.76 bits per heavy atom. The summed E-state index contributed by atoms with van der Waals surface area (Å²) in [5.41, 5.74) is 5.30. The number of phenolic OH excluding ortho intramolecular Hbond substituents is 1. The molecule has 4 nitrogen and oxygen atoms in total. The second-order valence-corrected chi connectivity index (χ2v) is 8.15. The number of rotatable bonds is 4. The standard InChI is InChI=1S/C24H23BrN2O2/c1-15-7-9-16(10-8-15)20-14-21(18-5-3-4-6-22(18)28)27-24(26-20)19-13-17(25)11-12-23(19)29-2/h3-14,21,24,26-28H,1-2H3/p+1. The number of benzene rings is 3. The first-order valence-corrected chi connectivity index (χ1v) is 10.4. The molecule has 0 amide bonds. The Balaban J connectivity index is 1.79. The Morgan fingerprint density at radius 1 is 1.00 bits per heavy atom. The van der Waals surface area contributed by atoms with Gasteiger partial charge in [-0.15, -0.1) is 0 Å². The molecule has 0 fully saturated rings. The topological polar surface area (TPSA) is 58.1 Å². The molecule has 2 unspecified atom stereocenters. The fourth-order valence-electron chi connectivity index (χ4n) is 3.71. The first-order valence-electron chi connectivity index (χ1n) is 9.57. The van der Waals surface area contributed by atoms with Gasteiger partial charge in [0.25, 0.3) is 0 Å². The maximum absolute atomic E-state index is 10.5. The zero-order valence-corrected chi connectivity index (χ0v) is 18.0. The molecule has 0 spiro atoms. The van der Waals surface area contributed by atoms with Crippen LogP contribution in [0.3, 0.4) is 0 Å². The molecule has 1 aliphatic rings. The van der Waals surface area contributed by atoms with Crippen molar-refractivity contribution in [3.8, 4) is 11.5 Å². The molecule has 4 N–H and O–H groups in total. The monoisotopic (exact) mass is 451 g/mol. The molecule has 1 heterocycles. The molecule has 3 aromatic rings. The molecular formula is C24H24BrN2O2+. The minimum atomic E-state index is -0.0756. The van der Waals surface area contributed by atoms with Crippen LogP contribution < -0.4 is 15.4 Å². The maximum Gasteiger partial charge on any atom is 0.190 e. The number of para-hydroxylation sites is 1. The van der Waals surface area contributed by atoms with Gasteiger partial charge in [0.05, 0.1) is 18.2 Å². The molecule has 0 saturated carbocycles. The zero-order chi connectivity index (χ0) is 20.4. The number of aryl methyl sites for hydroxylation is 1. The van der Waals surface area contributed by atoms with Crippen LogP contribution in [0.2, 0.25) is 0 Å². The van der Waals surface area contributed by atoms with Gasteiger partial charge in [0.2, 0.25) is 0 Å². The number of phenols is 1. The van der Waals surface area contributed by atoms with Crippen LogP contribution in [0.5, 0.6) is 11.5 Å². The summed E-state index contributed by atoms with van der Waals surface area (Å²) in [7, 11) is 1.69. The van der Waals surface area contributed by atoms with Crippen LogP contribution in [-0.4, -0.2) is 12.2 Å². The highest BCUT2D eigenvalue weighted by Gasteiger charge is 2.31. The molecule has 148 valence electrons. The molecule has 0 aliphatic carbocycles. The molecule has 3 aromatic carbocycles. The third-order valence-electron chi connectivity index (χ3n) is 5.24. The maximum atomic E-state index is 10.5. The van der Waals surface area contributed by atoms with Gasteiger partial charge in [-0.05, 0) is 42.8 Å². The lowest BCUT2D eigenvalue weighted by Crippen LogP contribution is -2.89. The second-order valence-electron chi connectivity index (χ2n) is 7.23. The van der Waals surface area contributed by atoms with Crippen molar-refractivity contribution < 1.29 is 15.2 Å². The Labute approximate surface area is 179 Å². The summed E-state index contributed by atoms with van der Waals surface area (Å²) >= 11 is 3.58. The molecule has 29 heavy (non-hydrogen) atoms. The summed E-state index contributed by atoms with van der Waals surface area (Å²) in [6.45, 7) is 2.08. The SMILES string of the molecule is COc1ccc(Br)cc1C1NC(c2ccc(C)cc2)=CC(c2ccccc2O)[NH2+]1. The Hall–Kier alpha value is -2.76. The van der Waals surface area contributed by atoms with Crippen LogP contribution in [0.25, 0.3) is 5.70 Å². The van der Waals surface area contributed by atoms with Gasteiger partial charge in [0.1, 0.15) is 17.5 Å².